The molecular weight excluding hydrogens is 274 g/mol. The summed E-state index contributed by atoms with van der Waals surface area (Å²) in [5.74, 6) is 0. The Morgan fingerprint density at radius 1 is 0.550 bits per heavy atom. The molecule has 0 N–H and O–H groups in total. The van der Waals surface area contributed by atoms with Gasteiger partial charge in [0.1, 0.15) is 0 Å². The predicted molar refractivity (Wildman–Crippen MR) is 99.9 cm³/mol. The summed E-state index contributed by atoms with van der Waals surface area (Å²) in [6.07, 6.45) is 11.0. The number of unbranched alkanes of at least 4 members (excludes halogenated alkanes) is 4. The summed E-state index contributed by atoms with van der Waals surface area (Å²) < 4.78 is 5.75. The summed E-state index contributed by atoms with van der Waals surface area (Å²) in [6.45, 7) is 14.7. The van der Waals surface area contributed by atoms with E-state index in [9.17, 15) is 0 Å². The maximum atomic E-state index is 2.87. The van der Waals surface area contributed by atoms with Gasteiger partial charge in [-0.15, -0.1) is 0 Å². The fourth-order valence-corrected chi connectivity index (χ4v) is 5.60. The fourth-order valence-electron chi connectivity index (χ4n) is 2.74. The van der Waals surface area contributed by atoms with E-state index in [1.165, 1.54) is 77.5 Å². The Bertz CT molecular complexity index is 146. The minimum absolute atomic E-state index is 0. The molecule has 0 aromatic heterocycles. The van der Waals surface area contributed by atoms with Gasteiger partial charge in [-0.25, -0.2) is 0 Å². The summed E-state index contributed by atoms with van der Waals surface area (Å²) >= 11 is -0.723. The Balaban J connectivity index is 0. The standard InChI is InChI=1S/2C8H18N.2Al.4H/c2*1-3-5-7-9-8-6-4-2;;;;;;/h2*3-8H2,1-2H3;;;;;;/q2*-1;2*+1;;;;. The van der Waals surface area contributed by atoms with Crippen LogP contribution in [-0.4, -0.2) is 67.0 Å². The molecule has 0 spiro atoms. The van der Waals surface area contributed by atoms with Crippen LogP contribution in [0.25, 0.3) is 0 Å². The normalized spacial score (nSPS) is 11.1. The SMILES string of the molecule is CCCC[N](CCCC)[AlH2-][N](CCCC)CCCC.[AlH2+]. The molecule has 0 heterocycles. The van der Waals surface area contributed by atoms with Gasteiger partial charge in [0.05, 0.1) is 0 Å². The quantitative estimate of drug-likeness (QED) is 0.455. The Labute approximate surface area is 145 Å². The van der Waals surface area contributed by atoms with Crippen LogP contribution < -0.4 is 0 Å². The Morgan fingerprint density at radius 3 is 1.00 bits per heavy atom. The van der Waals surface area contributed by atoms with Crippen molar-refractivity contribution in [3.8, 4) is 0 Å². The number of hydrogen-bond acceptors (Lipinski definition) is 2. The van der Waals surface area contributed by atoms with E-state index in [4.69, 9.17) is 0 Å². The minimum atomic E-state index is -0.723. The van der Waals surface area contributed by atoms with E-state index < -0.39 is 15.7 Å². The molecule has 0 fully saturated rings. The van der Waals surface area contributed by atoms with E-state index in [-0.39, 0.29) is 17.4 Å². The van der Waals surface area contributed by atoms with E-state index in [1.54, 1.807) is 0 Å². The van der Waals surface area contributed by atoms with E-state index in [0.717, 1.165) is 0 Å². The van der Waals surface area contributed by atoms with Gasteiger partial charge in [0.2, 0.25) is 0 Å². The molecule has 0 amide bonds. The van der Waals surface area contributed by atoms with Crippen molar-refractivity contribution in [1.82, 2.24) is 7.77 Å². The second-order valence-corrected chi connectivity index (χ2v) is 9.15. The van der Waals surface area contributed by atoms with Crippen LogP contribution in [0.4, 0.5) is 0 Å². The van der Waals surface area contributed by atoms with Gasteiger partial charge in [-0.05, 0) is 51.9 Å². The molecule has 0 bridgehead atoms. The van der Waals surface area contributed by atoms with Crippen LogP contribution in [-0.2, 0) is 0 Å². The molecule has 0 aliphatic heterocycles. The molecule has 120 valence electrons. The second-order valence-electron chi connectivity index (χ2n) is 6.22. The molecule has 0 unspecified atom stereocenters. The van der Waals surface area contributed by atoms with Gasteiger partial charge < -0.3 is 7.77 Å². The van der Waals surface area contributed by atoms with Crippen molar-refractivity contribution in [3.63, 3.8) is 0 Å². The van der Waals surface area contributed by atoms with Gasteiger partial charge in [-0.1, -0.05) is 53.4 Å². The van der Waals surface area contributed by atoms with Crippen LogP contribution in [0.3, 0.4) is 0 Å². The summed E-state index contributed by atoms with van der Waals surface area (Å²) in [7, 11) is 0. The zero-order chi connectivity index (χ0) is 14.3. The van der Waals surface area contributed by atoms with Gasteiger partial charge in [-0.2, -0.15) is 0 Å². The maximum absolute atomic E-state index is 2.87. The second kappa shape index (κ2) is 18.0. The van der Waals surface area contributed by atoms with Gasteiger partial charge in [0.15, 0.2) is 0 Å². The summed E-state index contributed by atoms with van der Waals surface area (Å²) in [5.41, 5.74) is 0. The van der Waals surface area contributed by atoms with E-state index >= 15 is 0 Å². The average molecular weight is 314 g/mol. The molecule has 0 atom stereocenters. The summed E-state index contributed by atoms with van der Waals surface area (Å²) in [6, 6.07) is 0. The zero-order valence-electron chi connectivity index (χ0n) is 15.4. The molecule has 0 aliphatic carbocycles. The molecule has 0 saturated carbocycles. The van der Waals surface area contributed by atoms with Crippen molar-refractivity contribution < 1.29 is 0 Å². The molecule has 0 saturated heterocycles. The molecule has 0 radical (unpaired) electrons. The van der Waals surface area contributed by atoms with Crippen molar-refractivity contribution >= 4 is 33.0 Å². The van der Waals surface area contributed by atoms with Crippen LogP contribution in [0.2, 0.25) is 0 Å². The number of hydrogen-bond donors (Lipinski definition) is 0. The van der Waals surface area contributed by atoms with Crippen molar-refractivity contribution in [3.05, 3.63) is 0 Å². The van der Waals surface area contributed by atoms with Gasteiger partial charge in [-0.3, -0.25) is 0 Å². The summed E-state index contributed by atoms with van der Waals surface area (Å²) in [5, 5.41) is 0. The molecule has 2 nitrogen and oxygen atoms in total. The Hall–Kier alpha value is 0.985. The van der Waals surface area contributed by atoms with E-state index in [2.05, 4.69) is 35.5 Å². The van der Waals surface area contributed by atoms with Gasteiger partial charge >= 0.3 is 17.4 Å². The van der Waals surface area contributed by atoms with Crippen LogP contribution in [0.15, 0.2) is 0 Å². The number of rotatable bonds is 14. The number of nitrogens with zero attached hydrogens (tertiary/aromatic N) is 2. The molecule has 0 aromatic carbocycles. The first kappa shape index (κ1) is 23.3. The molecule has 0 aliphatic rings. The Morgan fingerprint density at radius 2 is 0.800 bits per heavy atom. The summed E-state index contributed by atoms with van der Waals surface area (Å²) in [4.78, 5) is 0. The van der Waals surface area contributed by atoms with Crippen LogP contribution in [0, 0.1) is 0 Å². The third-order valence-corrected chi connectivity index (χ3v) is 7.06. The van der Waals surface area contributed by atoms with Crippen molar-refractivity contribution in [2.75, 3.05) is 26.2 Å². The first-order chi connectivity index (χ1) is 9.28. The first-order valence-electron chi connectivity index (χ1n) is 8.99. The average Bonchev–Trinajstić information content (AvgIpc) is 2.44. The monoisotopic (exact) mass is 314 g/mol. The molecule has 4 heteroatoms. The predicted octanol–water partition coefficient (Wildman–Crippen LogP) is 2.87. The van der Waals surface area contributed by atoms with Crippen LogP contribution >= 0.6 is 0 Å². The molecule has 20 heavy (non-hydrogen) atoms. The molecule has 0 aromatic rings. The van der Waals surface area contributed by atoms with Crippen LogP contribution in [0.1, 0.15) is 79.1 Å². The van der Waals surface area contributed by atoms with Crippen molar-refractivity contribution in [1.29, 1.82) is 0 Å². The Kier molecular flexibility index (Phi) is 21.0. The van der Waals surface area contributed by atoms with Gasteiger partial charge in [0, 0.05) is 0 Å². The van der Waals surface area contributed by atoms with Crippen molar-refractivity contribution in [2.45, 2.75) is 79.1 Å². The van der Waals surface area contributed by atoms with E-state index in [0.29, 0.717) is 0 Å². The van der Waals surface area contributed by atoms with Crippen molar-refractivity contribution in [2.24, 2.45) is 0 Å². The third kappa shape index (κ3) is 13.9. The zero-order valence-corrected chi connectivity index (χ0v) is 19.4. The molecular formula is C16H40Al2N2. The fraction of sp³-hybridized carbons (Fsp3) is 1.00. The third-order valence-electron chi connectivity index (χ3n) is 4.14. The topological polar surface area (TPSA) is 6.48 Å². The molecule has 0 rings (SSSR count). The van der Waals surface area contributed by atoms with Gasteiger partial charge in [0.25, 0.3) is 15.7 Å². The first-order valence-corrected chi connectivity index (χ1v) is 10.8. The van der Waals surface area contributed by atoms with Crippen LogP contribution in [0.5, 0.6) is 0 Å². The van der Waals surface area contributed by atoms with E-state index in [1.807, 2.05) is 0 Å².